The van der Waals surface area contributed by atoms with Gasteiger partial charge in [0.25, 0.3) is 0 Å². The van der Waals surface area contributed by atoms with E-state index in [0.29, 0.717) is 6.42 Å². The van der Waals surface area contributed by atoms with E-state index in [4.69, 9.17) is 4.43 Å². The summed E-state index contributed by atoms with van der Waals surface area (Å²) in [6, 6.07) is 0. The predicted octanol–water partition coefficient (Wildman–Crippen LogP) is 4.64. The second kappa shape index (κ2) is 6.27. The fourth-order valence-electron chi connectivity index (χ4n) is 2.60. The molecule has 0 aliphatic heterocycles. The molecule has 7 heteroatoms. The van der Waals surface area contributed by atoms with Gasteiger partial charge in [0.1, 0.15) is 0 Å². The SMILES string of the molecule is CC(CC(C)(C)C)O[Si](C)(C)c1c(F)c(F)c(F)c(F)c1F. The van der Waals surface area contributed by atoms with Crippen LogP contribution >= 0.6 is 0 Å². The van der Waals surface area contributed by atoms with Gasteiger partial charge in [0.15, 0.2) is 23.3 Å². The van der Waals surface area contributed by atoms with Crippen LogP contribution in [0.5, 0.6) is 0 Å². The number of hydrogen-bond donors (Lipinski definition) is 0. The smallest absolute Gasteiger partial charge is 0.225 e. The molecule has 1 atom stereocenters. The third kappa shape index (κ3) is 4.07. The minimum absolute atomic E-state index is 0.0831. The fourth-order valence-corrected chi connectivity index (χ4v) is 5.08. The molecule has 0 saturated heterocycles. The zero-order valence-corrected chi connectivity index (χ0v) is 14.6. The molecule has 0 aliphatic carbocycles. The summed E-state index contributed by atoms with van der Waals surface area (Å²) in [4.78, 5) is 0. The van der Waals surface area contributed by atoms with Crippen LogP contribution in [0.1, 0.15) is 34.1 Å². The van der Waals surface area contributed by atoms with E-state index in [1.807, 2.05) is 20.8 Å². The van der Waals surface area contributed by atoms with E-state index < -0.39 is 42.6 Å². The summed E-state index contributed by atoms with van der Waals surface area (Å²) in [5.41, 5.74) is -0.0831. The number of rotatable bonds is 4. The largest absolute Gasteiger partial charge is 0.410 e. The van der Waals surface area contributed by atoms with Gasteiger partial charge in [0, 0.05) is 11.3 Å². The monoisotopic (exact) mass is 340 g/mol. The maximum absolute atomic E-state index is 13.9. The molecule has 0 saturated carbocycles. The first-order valence-corrected chi connectivity index (χ1v) is 9.88. The minimum Gasteiger partial charge on any atom is -0.410 e. The van der Waals surface area contributed by atoms with Crippen LogP contribution in [-0.2, 0) is 4.43 Å². The standard InChI is InChI=1S/C15H21F5OSi/c1-8(7-15(2,3)4)21-22(5,6)14-12(19)10(17)9(16)11(18)13(14)20/h8H,7H2,1-6H3. The lowest BCUT2D eigenvalue weighted by atomic mass is 9.90. The first-order chi connectivity index (χ1) is 9.78. The summed E-state index contributed by atoms with van der Waals surface area (Å²) in [7, 11) is -3.31. The van der Waals surface area contributed by atoms with Crippen LogP contribution in [0.15, 0.2) is 0 Å². The Kier molecular flexibility index (Phi) is 5.45. The van der Waals surface area contributed by atoms with Gasteiger partial charge in [-0.25, -0.2) is 22.0 Å². The van der Waals surface area contributed by atoms with E-state index in [0.717, 1.165) is 0 Å². The second-order valence-electron chi connectivity index (χ2n) is 7.15. The van der Waals surface area contributed by atoms with Crippen molar-refractivity contribution in [1.29, 1.82) is 0 Å². The number of benzene rings is 1. The minimum atomic E-state index is -3.31. The molecule has 0 fully saturated rings. The van der Waals surface area contributed by atoms with Crippen LogP contribution in [0.25, 0.3) is 0 Å². The quantitative estimate of drug-likeness (QED) is 0.336. The fraction of sp³-hybridized carbons (Fsp3) is 0.600. The Hall–Kier alpha value is -0.953. The maximum Gasteiger partial charge on any atom is 0.225 e. The third-order valence-electron chi connectivity index (χ3n) is 3.21. The van der Waals surface area contributed by atoms with Crippen molar-refractivity contribution in [3.8, 4) is 0 Å². The summed E-state index contributed by atoms with van der Waals surface area (Å²) in [5, 5.41) is -0.815. The van der Waals surface area contributed by atoms with Crippen molar-refractivity contribution < 1.29 is 26.4 Å². The highest BCUT2D eigenvalue weighted by Crippen LogP contribution is 2.26. The molecule has 0 bridgehead atoms. The molecule has 0 radical (unpaired) electrons. The zero-order valence-electron chi connectivity index (χ0n) is 13.6. The van der Waals surface area contributed by atoms with Gasteiger partial charge in [-0.2, -0.15) is 0 Å². The number of hydrogen-bond acceptors (Lipinski definition) is 1. The van der Waals surface area contributed by atoms with E-state index in [-0.39, 0.29) is 11.5 Å². The van der Waals surface area contributed by atoms with Gasteiger partial charge in [0.2, 0.25) is 14.1 Å². The molecule has 1 aromatic carbocycles. The molecule has 0 N–H and O–H groups in total. The van der Waals surface area contributed by atoms with E-state index in [9.17, 15) is 22.0 Å². The van der Waals surface area contributed by atoms with Crippen molar-refractivity contribution in [2.45, 2.75) is 53.3 Å². The first-order valence-electron chi connectivity index (χ1n) is 6.97. The molecule has 0 amide bonds. The van der Waals surface area contributed by atoms with Crippen molar-refractivity contribution in [1.82, 2.24) is 0 Å². The highest BCUT2D eigenvalue weighted by Gasteiger charge is 2.39. The molecule has 22 heavy (non-hydrogen) atoms. The van der Waals surface area contributed by atoms with Gasteiger partial charge in [0.05, 0.1) is 0 Å². The zero-order chi connectivity index (χ0) is 17.5. The van der Waals surface area contributed by atoms with Crippen LogP contribution in [0.3, 0.4) is 0 Å². The van der Waals surface area contributed by atoms with Crippen LogP contribution in [0.2, 0.25) is 13.1 Å². The average Bonchev–Trinajstić information content (AvgIpc) is 2.30. The van der Waals surface area contributed by atoms with Gasteiger partial charge in [-0.05, 0) is 31.9 Å². The van der Waals surface area contributed by atoms with Crippen molar-refractivity contribution in [3.05, 3.63) is 29.1 Å². The van der Waals surface area contributed by atoms with Gasteiger partial charge < -0.3 is 4.43 Å². The Morgan fingerprint density at radius 2 is 1.23 bits per heavy atom. The van der Waals surface area contributed by atoms with Crippen molar-refractivity contribution >= 4 is 13.5 Å². The highest BCUT2D eigenvalue weighted by molar-refractivity contribution is 6.84. The molecule has 0 spiro atoms. The summed E-state index contributed by atoms with van der Waals surface area (Å²) in [5.74, 6) is -9.60. The summed E-state index contributed by atoms with van der Waals surface area (Å²) < 4.78 is 73.4. The third-order valence-corrected chi connectivity index (χ3v) is 5.84. The molecule has 1 nitrogen and oxygen atoms in total. The molecule has 0 aliphatic rings. The molecule has 1 unspecified atom stereocenters. The lowest BCUT2D eigenvalue weighted by Gasteiger charge is -2.31. The Balaban J connectivity index is 3.24. The highest BCUT2D eigenvalue weighted by atomic mass is 28.4. The van der Waals surface area contributed by atoms with Crippen LogP contribution in [0.4, 0.5) is 22.0 Å². The normalized spacial score (nSPS) is 14.3. The van der Waals surface area contributed by atoms with Gasteiger partial charge >= 0.3 is 0 Å². The predicted molar refractivity (Wildman–Crippen MR) is 78.0 cm³/mol. The summed E-state index contributed by atoms with van der Waals surface area (Å²) in [6.45, 7) is 10.5. The lowest BCUT2D eigenvalue weighted by molar-refractivity contribution is 0.155. The van der Waals surface area contributed by atoms with E-state index in [1.165, 1.54) is 13.1 Å². The van der Waals surface area contributed by atoms with Gasteiger partial charge in [-0.1, -0.05) is 20.8 Å². The summed E-state index contributed by atoms with van der Waals surface area (Å²) in [6.07, 6.45) is 0.232. The Morgan fingerprint density at radius 3 is 1.59 bits per heavy atom. The van der Waals surface area contributed by atoms with E-state index >= 15 is 0 Å². The Bertz CT molecular complexity index is 537. The lowest BCUT2D eigenvalue weighted by Crippen LogP contribution is -2.51. The van der Waals surface area contributed by atoms with Crippen molar-refractivity contribution in [3.63, 3.8) is 0 Å². The molecule has 126 valence electrons. The van der Waals surface area contributed by atoms with Crippen LogP contribution in [-0.4, -0.2) is 14.4 Å². The molecule has 0 aromatic heterocycles. The molecule has 0 heterocycles. The first kappa shape index (κ1) is 19.1. The second-order valence-corrected chi connectivity index (χ2v) is 10.9. The topological polar surface area (TPSA) is 9.23 Å². The van der Waals surface area contributed by atoms with E-state index in [1.54, 1.807) is 6.92 Å². The van der Waals surface area contributed by atoms with E-state index in [2.05, 4.69) is 0 Å². The average molecular weight is 340 g/mol. The molecular formula is C15H21F5OSi. The van der Waals surface area contributed by atoms with Crippen LogP contribution < -0.4 is 5.19 Å². The molecular weight excluding hydrogens is 319 g/mol. The van der Waals surface area contributed by atoms with Crippen molar-refractivity contribution in [2.24, 2.45) is 5.41 Å². The Morgan fingerprint density at radius 1 is 0.864 bits per heavy atom. The van der Waals surface area contributed by atoms with Gasteiger partial charge in [-0.15, -0.1) is 0 Å². The molecule has 1 aromatic rings. The molecule has 1 rings (SSSR count). The number of halogens is 5. The van der Waals surface area contributed by atoms with Gasteiger partial charge in [-0.3, -0.25) is 0 Å². The summed E-state index contributed by atoms with van der Waals surface area (Å²) >= 11 is 0. The van der Waals surface area contributed by atoms with Crippen molar-refractivity contribution in [2.75, 3.05) is 0 Å². The Labute approximate surface area is 128 Å². The van der Waals surface area contributed by atoms with Crippen LogP contribution in [0, 0.1) is 34.5 Å². The maximum atomic E-state index is 13.9.